The Hall–Kier alpha value is -4.56. The molecule has 256 valence electrons. The minimum Gasteiger partial charge on any atom is -0.183 e. The van der Waals surface area contributed by atoms with Gasteiger partial charge in [0.1, 0.15) is 5.41 Å². The normalized spacial score (nSPS) is 24.0. The van der Waals surface area contributed by atoms with Gasteiger partial charge >= 0.3 is 0 Å². The van der Waals surface area contributed by atoms with E-state index in [1.165, 1.54) is 67.0 Å². The van der Waals surface area contributed by atoms with Crippen molar-refractivity contribution in [1.29, 1.82) is 0 Å². The average molecular weight is 669 g/mol. The number of hydrogen-bond donors (Lipinski definition) is 0. The van der Waals surface area contributed by atoms with Crippen molar-refractivity contribution in [3.8, 4) is 33.6 Å². The Morgan fingerprint density at radius 2 is 1.37 bits per heavy atom. The van der Waals surface area contributed by atoms with Crippen molar-refractivity contribution >= 4 is 5.57 Å². The van der Waals surface area contributed by atoms with E-state index in [1.54, 1.807) is 0 Å². The number of allylic oxidation sites excluding steroid dienone is 4. The molecule has 1 fully saturated rings. The maximum atomic E-state index is 2.78. The lowest BCUT2D eigenvalue weighted by Crippen LogP contribution is -2.60. The van der Waals surface area contributed by atoms with Crippen LogP contribution in [0.2, 0.25) is 0 Å². The van der Waals surface area contributed by atoms with Crippen LogP contribution in [0.4, 0.5) is 0 Å². The standard InChI is InChI=1S/C49H52N2/c1-9-47-40-24-18-17-23-37(40)44-30-42(46(6,7)8)39(34-21-15-12-16-22-34)32-50(44)48(47,10-2)49(47)41-27-25-35(33-19-13-11-14-20-33)29-38(41)43-28-26-36(31-51(43)49)45(3,4)5/h12-13,15-32H,9-11,14H2,1-8H3/q+2. The van der Waals surface area contributed by atoms with E-state index in [2.05, 4.69) is 186 Å². The lowest BCUT2D eigenvalue weighted by molar-refractivity contribution is -0.799. The van der Waals surface area contributed by atoms with Gasteiger partial charge in [0.25, 0.3) is 11.1 Å². The highest BCUT2D eigenvalue weighted by Crippen LogP contribution is 2.80. The molecule has 2 aliphatic carbocycles. The second-order valence-electron chi connectivity index (χ2n) is 17.5. The summed E-state index contributed by atoms with van der Waals surface area (Å²) in [5.74, 6) is 0. The predicted molar refractivity (Wildman–Crippen MR) is 211 cm³/mol. The van der Waals surface area contributed by atoms with E-state index in [1.807, 2.05) is 0 Å². The fraction of sp³-hybridized carbons (Fsp3) is 0.347. The summed E-state index contributed by atoms with van der Waals surface area (Å²) >= 11 is 0. The van der Waals surface area contributed by atoms with E-state index in [0.717, 1.165) is 25.7 Å². The number of fused-ring (bicyclic) bond motifs is 13. The summed E-state index contributed by atoms with van der Waals surface area (Å²) in [5.41, 5.74) is 15.8. The van der Waals surface area contributed by atoms with Gasteiger partial charge < -0.3 is 0 Å². The molecule has 4 aliphatic rings. The minimum atomic E-state index is -0.312. The summed E-state index contributed by atoms with van der Waals surface area (Å²) in [6.07, 6.45) is 16.5. The van der Waals surface area contributed by atoms with E-state index in [4.69, 9.17) is 0 Å². The molecule has 3 atom stereocenters. The minimum absolute atomic E-state index is 0.0186. The van der Waals surface area contributed by atoms with Crippen molar-refractivity contribution in [1.82, 2.24) is 0 Å². The zero-order valence-corrected chi connectivity index (χ0v) is 31.8. The molecule has 5 aromatic rings. The highest BCUT2D eigenvalue weighted by atomic mass is 15.3. The first-order valence-electron chi connectivity index (χ1n) is 19.3. The highest BCUT2D eigenvalue weighted by Gasteiger charge is 3.03. The van der Waals surface area contributed by atoms with Crippen LogP contribution in [-0.2, 0) is 27.3 Å². The van der Waals surface area contributed by atoms with Crippen LogP contribution in [0, 0.1) is 0 Å². The van der Waals surface area contributed by atoms with Gasteiger partial charge in [-0.1, -0.05) is 134 Å². The van der Waals surface area contributed by atoms with Gasteiger partial charge in [0.2, 0.25) is 11.4 Å². The molecular formula is C49H52N2+2. The Balaban J connectivity index is 1.44. The number of pyridine rings is 2. The van der Waals surface area contributed by atoms with E-state index >= 15 is 0 Å². The summed E-state index contributed by atoms with van der Waals surface area (Å²) in [6.45, 7) is 19.1. The van der Waals surface area contributed by atoms with E-state index in [0.29, 0.717) is 0 Å². The number of nitrogens with zero attached hydrogens (tertiary/aromatic N) is 2. The SMILES string of the molecule is CCC12c3ccccc3-c3cc(C(C)(C)C)c(-c4ccccc4)c[n+]3C1(CC)C21c2ccc(C3=CCCC=C3)cc2-c2ccc(C(C)(C)C)c[n+]21. The van der Waals surface area contributed by atoms with Crippen molar-refractivity contribution in [3.63, 3.8) is 0 Å². The summed E-state index contributed by atoms with van der Waals surface area (Å²) in [5, 5.41) is 0. The molecule has 0 radical (unpaired) electrons. The first-order chi connectivity index (χ1) is 24.5. The third-order valence-corrected chi connectivity index (χ3v) is 13.1. The molecule has 9 rings (SSSR count). The molecule has 3 aromatic carbocycles. The van der Waals surface area contributed by atoms with Crippen molar-refractivity contribution in [2.24, 2.45) is 0 Å². The maximum Gasteiger partial charge on any atom is 0.275 e. The third-order valence-electron chi connectivity index (χ3n) is 13.1. The van der Waals surface area contributed by atoms with Crippen molar-refractivity contribution in [2.75, 3.05) is 0 Å². The third kappa shape index (κ3) is 3.94. The Bertz CT molecular complexity index is 2310. The number of hydrogen-bond acceptors (Lipinski definition) is 0. The molecule has 1 saturated carbocycles. The molecular weight excluding hydrogens is 617 g/mol. The van der Waals surface area contributed by atoms with Gasteiger partial charge in [-0.2, -0.15) is 9.13 Å². The molecule has 51 heavy (non-hydrogen) atoms. The van der Waals surface area contributed by atoms with E-state index in [-0.39, 0.29) is 27.3 Å². The molecule has 0 saturated heterocycles. The summed E-state index contributed by atoms with van der Waals surface area (Å²) < 4.78 is 5.56. The van der Waals surface area contributed by atoms with Crippen molar-refractivity contribution in [2.45, 2.75) is 108 Å². The van der Waals surface area contributed by atoms with Crippen LogP contribution in [0.3, 0.4) is 0 Å². The molecule has 0 bridgehead atoms. The average Bonchev–Trinajstić information content (AvgIpc) is 3.60. The summed E-state index contributed by atoms with van der Waals surface area (Å²) in [6, 6.07) is 35.4. The number of rotatable bonds is 4. The Labute approximate surface area is 305 Å². The monoisotopic (exact) mass is 668 g/mol. The van der Waals surface area contributed by atoms with Crippen LogP contribution in [0.1, 0.15) is 109 Å². The lowest BCUT2D eigenvalue weighted by Gasteiger charge is -2.29. The fourth-order valence-electron chi connectivity index (χ4n) is 11.1. The summed E-state index contributed by atoms with van der Waals surface area (Å²) in [4.78, 5) is 0. The van der Waals surface area contributed by atoms with Gasteiger partial charge in [-0.15, -0.1) is 0 Å². The largest absolute Gasteiger partial charge is 0.275 e. The quantitative estimate of drug-likeness (QED) is 0.168. The second-order valence-corrected chi connectivity index (χ2v) is 17.5. The molecule has 1 spiro atoms. The fourth-order valence-corrected chi connectivity index (χ4v) is 11.1. The van der Waals surface area contributed by atoms with Crippen LogP contribution < -0.4 is 9.13 Å². The maximum absolute atomic E-state index is 2.78. The van der Waals surface area contributed by atoms with Gasteiger partial charge in [0, 0.05) is 35.2 Å². The molecule has 2 aliphatic heterocycles. The summed E-state index contributed by atoms with van der Waals surface area (Å²) in [7, 11) is 0. The smallest absolute Gasteiger partial charge is 0.183 e. The Kier molecular flexibility index (Phi) is 6.81. The van der Waals surface area contributed by atoms with Crippen LogP contribution in [0.15, 0.2) is 122 Å². The van der Waals surface area contributed by atoms with Gasteiger partial charge in [-0.05, 0) is 76.1 Å². The van der Waals surface area contributed by atoms with E-state index < -0.39 is 0 Å². The van der Waals surface area contributed by atoms with E-state index in [9.17, 15) is 0 Å². The zero-order chi connectivity index (χ0) is 35.6. The zero-order valence-electron chi connectivity index (χ0n) is 31.8. The predicted octanol–water partition coefficient (Wildman–Crippen LogP) is 11.1. The van der Waals surface area contributed by atoms with Crippen LogP contribution in [-0.4, -0.2) is 0 Å². The van der Waals surface area contributed by atoms with Crippen LogP contribution >= 0.6 is 0 Å². The van der Waals surface area contributed by atoms with Gasteiger partial charge in [-0.25, -0.2) is 0 Å². The number of aromatic nitrogens is 2. The molecule has 4 heterocycles. The van der Waals surface area contributed by atoms with Crippen molar-refractivity contribution in [3.05, 3.63) is 149 Å². The number of benzene rings is 3. The lowest BCUT2D eigenvalue weighted by atomic mass is 9.76. The van der Waals surface area contributed by atoms with Gasteiger partial charge in [-0.3, -0.25) is 0 Å². The topological polar surface area (TPSA) is 7.76 Å². The second kappa shape index (κ2) is 10.7. The molecule has 0 N–H and O–H groups in total. The Morgan fingerprint density at radius 3 is 2.06 bits per heavy atom. The van der Waals surface area contributed by atoms with Crippen LogP contribution in [0.5, 0.6) is 0 Å². The highest BCUT2D eigenvalue weighted by molar-refractivity contribution is 5.83. The molecule has 3 unspecified atom stereocenters. The van der Waals surface area contributed by atoms with Crippen LogP contribution in [0.25, 0.3) is 39.2 Å². The molecule has 2 aromatic heterocycles. The van der Waals surface area contributed by atoms with Gasteiger partial charge in [0.05, 0.1) is 11.1 Å². The first kappa shape index (κ1) is 32.4. The Morgan fingerprint density at radius 1 is 0.608 bits per heavy atom. The first-order valence-corrected chi connectivity index (χ1v) is 19.3. The van der Waals surface area contributed by atoms with Crippen molar-refractivity contribution < 1.29 is 9.13 Å². The molecule has 2 nitrogen and oxygen atoms in total. The molecule has 2 heteroatoms. The van der Waals surface area contributed by atoms with Gasteiger partial charge in [0.15, 0.2) is 12.4 Å². The molecule has 0 amide bonds.